The Balaban J connectivity index is 1.87. The molecular weight excluding hydrogens is 414 g/mol. The van der Waals surface area contributed by atoms with Crippen molar-refractivity contribution in [2.45, 2.75) is 38.3 Å². The fourth-order valence-corrected chi connectivity index (χ4v) is 6.07. The van der Waals surface area contributed by atoms with E-state index in [1.807, 2.05) is 24.3 Å². The largest absolute Gasteiger partial charge is 0.507 e. The van der Waals surface area contributed by atoms with Gasteiger partial charge in [0.2, 0.25) is 0 Å². The van der Waals surface area contributed by atoms with Crippen LogP contribution in [0.3, 0.4) is 0 Å². The van der Waals surface area contributed by atoms with Gasteiger partial charge in [-0.25, -0.2) is 8.42 Å². The number of carbonyl (C=O) groups excluding carboxylic acids is 2. The number of aliphatic hydroxyl groups is 1. The molecule has 1 amide bonds. The van der Waals surface area contributed by atoms with E-state index in [4.69, 9.17) is 0 Å². The van der Waals surface area contributed by atoms with E-state index in [0.29, 0.717) is 17.0 Å². The van der Waals surface area contributed by atoms with Gasteiger partial charge in [0.15, 0.2) is 9.84 Å². The lowest BCUT2D eigenvalue weighted by Crippen LogP contribution is -2.40. The Morgan fingerprint density at radius 1 is 1.03 bits per heavy atom. The molecule has 0 unspecified atom stereocenters. The Morgan fingerprint density at radius 3 is 2.23 bits per heavy atom. The van der Waals surface area contributed by atoms with Gasteiger partial charge in [-0.15, -0.1) is 0 Å². The zero-order valence-electron chi connectivity index (χ0n) is 17.5. The molecule has 0 saturated carbocycles. The van der Waals surface area contributed by atoms with Gasteiger partial charge in [-0.2, -0.15) is 0 Å². The highest BCUT2D eigenvalue weighted by molar-refractivity contribution is 7.91. The number of likely N-dealkylation sites (tertiary alicyclic amines) is 1. The summed E-state index contributed by atoms with van der Waals surface area (Å²) in [6.45, 7) is 4.14. The van der Waals surface area contributed by atoms with Gasteiger partial charge in [0, 0.05) is 11.6 Å². The minimum atomic E-state index is -3.27. The number of hydrogen-bond acceptors (Lipinski definition) is 5. The van der Waals surface area contributed by atoms with Gasteiger partial charge in [-0.05, 0) is 23.5 Å². The van der Waals surface area contributed by atoms with Crippen LogP contribution in [0.5, 0.6) is 0 Å². The summed E-state index contributed by atoms with van der Waals surface area (Å²) in [5.74, 6) is -1.68. The van der Waals surface area contributed by atoms with Crippen molar-refractivity contribution in [3.63, 3.8) is 0 Å². The third-order valence-electron chi connectivity index (χ3n) is 6.05. The van der Waals surface area contributed by atoms with Crippen molar-refractivity contribution in [3.8, 4) is 0 Å². The number of amides is 1. The number of aliphatic hydroxyl groups excluding tert-OH is 1. The Bertz CT molecular complexity index is 1150. The first-order valence-electron chi connectivity index (χ1n) is 10.4. The highest BCUT2D eigenvalue weighted by Crippen LogP contribution is 2.42. The molecule has 31 heavy (non-hydrogen) atoms. The maximum absolute atomic E-state index is 13.0. The molecule has 6 nitrogen and oxygen atoms in total. The molecule has 2 aliphatic rings. The molecule has 2 saturated heterocycles. The quantitative estimate of drug-likeness (QED) is 0.448. The van der Waals surface area contributed by atoms with Crippen molar-refractivity contribution in [1.82, 2.24) is 4.90 Å². The number of sulfone groups is 1. The molecule has 7 heteroatoms. The average Bonchev–Trinajstić information content (AvgIpc) is 3.24. The van der Waals surface area contributed by atoms with Crippen LogP contribution in [0.25, 0.3) is 5.76 Å². The third kappa shape index (κ3) is 3.90. The van der Waals surface area contributed by atoms with E-state index in [9.17, 15) is 23.1 Å². The molecule has 162 valence electrons. The fraction of sp³-hybridized carbons (Fsp3) is 0.333. The van der Waals surface area contributed by atoms with Crippen molar-refractivity contribution < 1.29 is 23.1 Å². The number of nitrogens with zero attached hydrogens (tertiary/aromatic N) is 1. The van der Waals surface area contributed by atoms with Gasteiger partial charge in [-0.3, -0.25) is 9.59 Å². The van der Waals surface area contributed by atoms with E-state index >= 15 is 0 Å². The third-order valence-corrected chi connectivity index (χ3v) is 7.80. The van der Waals surface area contributed by atoms with E-state index in [-0.39, 0.29) is 29.3 Å². The van der Waals surface area contributed by atoms with Crippen LogP contribution in [-0.4, -0.2) is 47.7 Å². The van der Waals surface area contributed by atoms with E-state index < -0.39 is 33.6 Å². The lowest BCUT2D eigenvalue weighted by molar-refractivity contribution is -0.141. The lowest BCUT2D eigenvalue weighted by atomic mass is 9.92. The van der Waals surface area contributed by atoms with E-state index in [1.165, 1.54) is 4.90 Å². The van der Waals surface area contributed by atoms with Crippen molar-refractivity contribution >= 4 is 27.3 Å². The first kappa shape index (κ1) is 21.3. The van der Waals surface area contributed by atoms with Crippen LogP contribution in [0, 0.1) is 0 Å². The Labute approximate surface area is 182 Å². The normalized spacial score (nSPS) is 24.8. The van der Waals surface area contributed by atoms with Gasteiger partial charge in [0.05, 0.1) is 23.1 Å². The Hall–Kier alpha value is -2.93. The second kappa shape index (κ2) is 7.96. The van der Waals surface area contributed by atoms with Crippen LogP contribution in [0.2, 0.25) is 0 Å². The predicted molar refractivity (Wildman–Crippen MR) is 118 cm³/mol. The second-order valence-electron chi connectivity index (χ2n) is 8.45. The Morgan fingerprint density at radius 2 is 1.68 bits per heavy atom. The number of Topliss-reactive ketones (excluding diaryl/α,β-unsaturated/α-hetero) is 1. The van der Waals surface area contributed by atoms with Crippen LogP contribution in [-0.2, 0) is 19.4 Å². The molecular formula is C24H25NO5S. The maximum atomic E-state index is 13.0. The molecule has 0 radical (unpaired) electrons. The SMILES string of the molecule is CC(C)c1ccc([C@@H]2C(=C(O)c3ccccc3)C(=O)C(=O)N2[C@H]2CCS(=O)(=O)C2)cc1. The zero-order chi connectivity index (χ0) is 22.3. The minimum absolute atomic E-state index is 0.00204. The number of ketones is 1. The van der Waals surface area contributed by atoms with E-state index in [2.05, 4.69) is 13.8 Å². The molecule has 2 aromatic rings. The topological polar surface area (TPSA) is 91.8 Å². The summed E-state index contributed by atoms with van der Waals surface area (Å²) in [5, 5.41) is 11.0. The molecule has 0 aromatic heterocycles. The lowest BCUT2D eigenvalue weighted by Gasteiger charge is -2.30. The molecule has 0 aliphatic carbocycles. The summed E-state index contributed by atoms with van der Waals surface area (Å²) in [4.78, 5) is 27.5. The number of hydrogen-bond donors (Lipinski definition) is 1. The predicted octanol–water partition coefficient (Wildman–Crippen LogP) is 3.42. The smallest absolute Gasteiger partial charge is 0.295 e. The van der Waals surface area contributed by atoms with E-state index in [0.717, 1.165) is 5.56 Å². The summed E-state index contributed by atoms with van der Waals surface area (Å²) in [5.41, 5.74) is 2.21. The zero-order valence-corrected chi connectivity index (χ0v) is 18.3. The Kier molecular flexibility index (Phi) is 5.47. The summed E-state index contributed by atoms with van der Waals surface area (Å²) < 4.78 is 24.2. The monoisotopic (exact) mass is 439 g/mol. The highest BCUT2D eigenvalue weighted by atomic mass is 32.2. The summed E-state index contributed by atoms with van der Waals surface area (Å²) in [6, 6.07) is 14.7. The summed E-state index contributed by atoms with van der Waals surface area (Å²) in [7, 11) is -3.27. The summed E-state index contributed by atoms with van der Waals surface area (Å²) in [6.07, 6.45) is 0.279. The van der Waals surface area contributed by atoms with Crippen molar-refractivity contribution in [2.75, 3.05) is 11.5 Å². The van der Waals surface area contributed by atoms with Crippen molar-refractivity contribution in [3.05, 3.63) is 76.9 Å². The van der Waals surface area contributed by atoms with E-state index in [1.54, 1.807) is 30.3 Å². The van der Waals surface area contributed by atoms with Crippen molar-refractivity contribution in [1.29, 1.82) is 0 Å². The molecule has 2 aliphatic heterocycles. The first-order valence-corrected chi connectivity index (χ1v) is 12.2. The van der Waals surface area contributed by atoms with Crippen LogP contribution >= 0.6 is 0 Å². The maximum Gasteiger partial charge on any atom is 0.295 e. The number of benzene rings is 2. The molecule has 2 fully saturated rings. The van der Waals surface area contributed by atoms with Crippen LogP contribution < -0.4 is 0 Å². The number of carbonyl (C=O) groups is 2. The highest BCUT2D eigenvalue weighted by Gasteiger charge is 2.50. The molecule has 4 rings (SSSR count). The second-order valence-corrected chi connectivity index (χ2v) is 10.7. The average molecular weight is 440 g/mol. The molecule has 0 spiro atoms. The minimum Gasteiger partial charge on any atom is -0.507 e. The number of rotatable bonds is 4. The van der Waals surface area contributed by atoms with Gasteiger partial charge in [0.25, 0.3) is 11.7 Å². The van der Waals surface area contributed by atoms with Crippen molar-refractivity contribution in [2.24, 2.45) is 0 Å². The van der Waals surface area contributed by atoms with Gasteiger partial charge in [0.1, 0.15) is 5.76 Å². The molecule has 1 N–H and O–H groups in total. The standard InChI is InChI=1S/C24H25NO5S/c1-15(2)16-8-10-17(11-9-16)21-20(22(26)18-6-4-3-5-7-18)23(27)24(28)25(21)19-12-13-31(29,30)14-19/h3-11,15,19,21,26H,12-14H2,1-2H3/t19-,21+/m0/s1. The molecule has 0 bridgehead atoms. The van der Waals surface area contributed by atoms with Crippen LogP contribution in [0.4, 0.5) is 0 Å². The molecule has 2 heterocycles. The first-order chi connectivity index (χ1) is 14.7. The van der Waals surface area contributed by atoms with Crippen LogP contribution in [0.15, 0.2) is 60.2 Å². The summed E-state index contributed by atoms with van der Waals surface area (Å²) >= 11 is 0. The van der Waals surface area contributed by atoms with Crippen LogP contribution in [0.1, 0.15) is 48.9 Å². The fourth-order valence-electron chi connectivity index (χ4n) is 4.36. The van der Waals surface area contributed by atoms with Gasteiger partial charge in [-0.1, -0.05) is 68.4 Å². The van der Waals surface area contributed by atoms with Gasteiger partial charge < -0.3 is 10.0 Å². The molecule has 2 atom stereocenters. The molecule has 2 aromatic carbocycles. The van der Waals surface area contributed by atoms with Gasteiger partial charge >= 0.3 is 0 Å².